The van der Waals surface area contributed by atoms with E-state index in [2.05, 4.69) is 21.3 Å². The number of carboxylic acid groups (broad SMARTS) is 1. The average Bonchev–Trinajstić information content (AvgIpc) is 2.99. The normalized spacial score (nSPS) is 12.0. The number of hydrogen-bond donors (Lipinski definition) is 9. The van der Waals surface area contributed by atoms with E-state index in [1.165, 1.54) is 0 Å². The minimum absolute atomic E-state index is 0.116. The van der Waals surface area contributed by atoms with E-state index in [9.17, 15) is 42.8 Å². The molecular formula is C28H36B2F2N4O10. The molecule has 0 bridgehead atoms. The molecule has 0 spiro atoms. The molecule has 2 aromatic rings. The highest BCUT2D eigenvalue weighted by atomic mass is 19.1. The Kier molecular flexibility index (Phi) is 15.3. The Morgan fingerprint density at radius 2 is 1.30 bits per heavy atom. The second-order valence-corrected chi connectivity index (χ2v) is 10.4. The molecule has 46 heavy (non-hydrogen) atoms. The lowest BCUT2D eigenvalue weighted by atomic mass is 9.79. The number of carbonyl (C=O) groups is 5. The van der Waals surface area contributed by atoms with Crippen molar-refractivity contribution in [1.82, 2.24) is 21.3 Å². The van der Waals surface area contributed by atoms with Gasteiger partial charge in [-0.2, -0.15) is 0 Å². The highest BCUT2D eigenvalue weighted by Gasteiger charge is 2.24. The van der Waals surface area contributed by atoms with Gasteiger partial charge in [0.1, 0.15) is 17.7 Å². The monoisotopic (exact) mass is 648 g/mol. The number of rotatable bonds is 18. The SMILES string of the molecule is C[C@@H](CCCCNC(=O)CCNC(=O)[C@H](CCNC(=O)c1ccc(B(O)O)c(F)c1)NC(=O)c1ccc(B(O)O)c(F)c1)C(=O)O. The fourth-order valence-electron chi connectivity index (χ4n) is 4.14. The van der Waals surface area contributed by atoms with Gasteiger partial charge in [0.25, 0.3) is 11.8 Å². The summed E-state index contributed by atoms with van der Waals surface area (Å²) >= 11 is 0. The molecule has 248 valence electrons. The third kappa shape index (κ3) is 12.2. The number of aliphatic carboxylic acids is 1. The Bertz CT molecular complexity index is 1400. The van der Waals surface area contributed by atoms with Crippen molar-refractivity contribution in [2.45, 2.75) is 45.1 Å². The van der Waals surface area contributed by atoms with Gasteiger partial charge in [-0.1, -0.05) is 25.5 Å². The van der Waals surface area contributed by atoms with Crippen LogP contribution in [0.15, 0.2) is 36.4 Å². The summed E-state index contributed by atoms with van der Waals surface area (Å²) < 4.78 is 28.3. The molecule has 14 nitrogen and oxygen atoms in total. The quantitative estimate of drug-likeness (QED) is 0.0623. The van der Waals surface area contributed by atoms with Crippen LogP contribution in [-0.2, 0) is 14.4 Å². The van der Waals surface area contributed by atoms with E-state index >= 15 is 0 Å². The lowest BCUT2D eigenvalue weighted by Gasteiger charge is -2.19. The molecule has 0 aliphatic heterocycles. The molecule has 2 aromatic carbocycles. The van der Waals surface area contributed by atoms with Crippen molar-refractivity contribution in [3.05, 3.63) is 59.2 Å². The van der Waals surface area contributed by atoms with Crippen LogP contribution in [0.5, 0.6) is 0 Å². The fourth-order valence-corrected chi connectivity index (χ4v) is 4.14. The maximum atomic E-state index is 14.2. The Balaban J connectivity index is 1.98. The van der Waals surface area contributed by atoms with Gasteiger partial charge < -0.3 is 46.5 Å². The number of carboxylic acids is 1. The first kappa shape index (κ1) is 37.8. The molecule has 0 saturated heterocycles. The molecule has 2 atom stereocenters. The van der Waals surface area contributed by atoms with Crippen molar-refractivity contribution in [3.8, 4) is 0 Å². The van der Waals surface area contributed by atoms with Crippen molar-refractivity contribution in [2.24, 2.45) is 5.92 Å². The summed E-state index contributed by atoms with van der Waals surface area (Å²) in [6.07, 6.45) is 1.31. The number of unbranched alkanes of at least 4 members (excludes halogenated alkanes) is 1. The van der Waals surface area contributed by atoms with E-state index in [4.69, 9.17) is 15.2 Å². The van der Waals surface area contributed by atoms with Crippen molar-refractivity contribution in [1.29, 1.82) is 0 Å². The van der Waals surface area contributed by atoms with E-state index in [0.717, 1.165) is 36.4 Å². The second kappa shape index (κ2) is 18.6. The standard InChI is InChI=1S/C28H36B2F2N4O10/c1-16(28(41)42)4-2-3-11-33-24(37)10-13-35-27(40)23(36-26(39)18-6-8-20(30(45)46)22(32)15-18)9-12-34-25(38)17-5-7-19(29(43)44)21(31)14-17/h5-8,14-16,23,43-46H,2-4,9-13H2,1H3,(H,33,37)(H,34,38)(H,35,40)(H,36,39)(H,41,42)/t16-,23-/m0/s1. The Hall–Kier alpha value is -4.38. The summed E-state index contributed by atoms with van der Waals surface area (Å²) in [4.78, 5) is 61.3. The number of nitrogens with one attached hydrogen (secondary N) is 4. The average molecular weight is 648 g/mol. The number of benzene rings is 2. The van der Waals surface area contributed by atoms with E-state index in [1.54, 1.807) is 6.92 Å². The second-order valence-electron chi connectivity index (χ2n) is 10.4. The van der Waals surface area contributed by atoms with Crippen LogP contribution < -0.4 is 32.2 Å². The molecule has 4 amide bonds. The fraction of sp³-hybridized carbons (Fsp3) is 0.393. The van der Waals surface area contributed by atoms with Crippen LogP contribution in [0, 0.1) is 17.6 Å². The Morgan fingerprint density at radius 1 is 0.739 bits per heavy atom. The van der Waals surface area contributed by atoms with Crippen LogP contribution in [0.1, 0.15) is 59.7 Å². The molecule has 2 rings (SSSR count). The Labute approximate surface area is 263 Å². The van der Waals surface area contributed by atoms with Gasteiger partial charge in [-0.25, -0.2) is 8.78 Å². The van der Waals surface area contributed by atoms with E-state index < -0.39 is 72.4 Å². The van der Waals surface area contributed by atoms with Gasteiger partial charge in [0.05, 0.1) is 5.92 Å². The van der Waals surface area contributed by atoms with Gasteiger partial charge in [-0.15, -0.1) is 0 Å². The predicted octanol–water partition coefficient (Wildman–Crippen LogP) is -2.24. The zero-order valence-corrected chi connectivity index (χ0v) is 25.0. The van der Waals surface area contributed by atoms with Crippen LogP contribution >= 0.6 is 0 Å². The van der Waals surface area contributed by atoms with Gasteiger partial charge in [0, 0.05) is 48.1 Å². The number of amides is 4. The van der Waals surface area contributed by atoms with Gasteiger partial charge >= 0.3 is 20.2 Å². The smallest absolute Gasteiger partial charge is 0.481 e. The largest absolute Gasteiger partial charge is 0.491 e. The third-order valence-electron chi connectivity index (χ3n) is 6.88. The van der Waals surface area contributed by atoms with E-state index in [0.29, 0.717) is 25.8 Å². The third-order valence-corrected chi connectivity index (χ3v) is 6.88. The molecule has 0 aliphatic rings. The summed E-state index contributed by atoms with van der Waals surface area (Å²) in [5, 5.41) is 55.6. The maximum absolute atomic E-state index is 14.2. The molecule has 0 radical (unpaired) electrons. The van der Waals surface area contributed by atoms with Gasteiger partial charge in [0.2, 0.25) is 11.8 Å². The summed E-state index contributed by atoms with van der Waals surface area (Å²) in [5.41, 5.74) is -1.31. The minimum Gasteiger partial charge on any atom is -0.481 e. The van der Waals surface area contributed by atoms with Crippen LogP contribution in [-0.4, -0.2) is 94.7 Å². The molecule has 0 unspecified atom stereocenters. The predicted molar refractivity (Wildman–Crippen MR) is 162 cm³/mol. The summed E-state index contributed by atoms with van der Waals surface area (Å²) in [6, 6.07) is 4.49. The summed E-state index contributed by atoms with van der Waals surface area (Å²) in [6.45, 7) is 1.57. The zero-order valence-electron chi connectivity index (χ0n) is 25.0. The molecule has 0 aliphatic carbocycles. The molecule has 0 aromatic heterocycles. The summed E-state index contributed by atoms with van der Waals surface area (Å²) in [5.74, 6) is -6.29. The minimum atomic E-state index is -2.12. The molecule has 0 fully saturated rings. The van der Waals surface area contributed by atoms with E-state index in [-0.39, 0.29) is 43.0 Å². The number of hydrogen-bond acceptors (Lipinski definition) is 9. The van der Waals surface area contributed by atoms with Crippen LogP contribution in [0.2, 0.25) is 0 Å². The number of halogens is 2. The van der Waals surface area contributed by atoms with E-state index in [1.807, 2.05) is 0 Å². The van der Waals surface area contributed by atoms with Crippen molar-refractivity contribution >= 4 is 54.8 Å². The Morgan fingerprint density at radius 3 is 1.83 bits per heavy atom. The van der Waals surface area contributed by atoms with Gasteiger partial charge in [0.15, 0.2) is 0 Å². The topological polar surface area (TPSA) is 235 Å². The molecule has 9 N–H and O–H groups in total. The summed E-state index contributed by atoms with van der Waals surface area (Å²) in [7, 11) is -4.20. The highest BCUT2D eigenvalue weighted by molar-refractivity contribution is 6.59. The highest BCUT2D eigenvalue weighted by Crippen LogP contribution is 2.08. The molecule has 18 heteroatoms. The lowest BCUT2D eigenvalue weighted by Crippen LogP contribution is -2.49. The molecule has 0 saturated carbocycles. The van der Waals surface area contributed by atoms with Gasteiger partial charge in [-0.05, 0) is 43.5 Å². The van der Waals surface area contributed by atoms with Crippen LogP contribution in [0.4, 0.5) is 8.78 Å². The van der Waals surface area contributed by atoms with Crippen molar-refractivity contribution in [3.63, 3.8) is 0 Å². The van der Waals surface area contributed by atoms with Crippen LogP contribution in [0.25, 0.3) is 0 Å². The maximum Gasteiger partial charge on any atom is 0.491 e. The van der Waals surface area contributed by atoms with Crippen molar-refractivity contribution in [2.75, 3.05) is 19.6 Å². The first-order chi connectivity index (χ1) is 21.7. The molecular weight excluding hydrogens is 612 g/mol. The molecule has 0 heterocycles. The van der Waals surface area contributed by atoms with Gasteiger partial charge in [-0.3, -0.25) is 24.0 Å². The van der Waals surface area contributed by atoms with Crippen LogP contribution in [0.3, 0.4) is 0 Å². The lowest BCUT2D eigenvalue weighted by molar-refractivity contribution is -0.141. The number of carbonyl (C=O) groups excluding carboxylic acids is 4. The first-order valence-corrected chi connectivity index (χ1v) is 14.4. The zero-order chi connectivity index (χ0) is 34.4. The first-order valence-electron chi connectivity index (χ1n) is 14.4. The van der Waals surface area contributed by atoms with Crippen molar-refractivity contribution < 1.29 is 58.0 Å².